The number of rotatable bonds is 15. The van der Waals surface area contributed by atoms with E-state index in [-0.39, 0.29) is 36.8 Å². The van der Waals surface area contributed by atoms with E-state index in [9.17, 15) is 14.7 Å². The third kappa shape index (κ3) is 15.4. The van der Waals surface area contributed by atoms with Crippen molar-refractivity contribution in [2.75, 3.05) is 0 Å². The van der Waals surface area contributed by atoms with Crippen LogP contribution in [0.15, 0.2) is 34.8 Å². The zero-order valence-corrected chi connectivity index (χ0v) is 25.7. The zero-order chi connectivity index (χ0) is 28.6. The van der Waals surface area contributed by atoms with Gasteiger partial charge in [-0.05, 0) is 56.6 Å². The highest BCUT2D eigenvalue weighted by Crippen LogP contribution is 2.27. The number of allylic oxidation sites excluding steroid dienone is 3. The summed E-state index contributed by atoms with van der Waals surface area (Å²) in [6.45, 7) is 20.1. The Morgan fingerprint density at radius 3 is 2.37 bits per heavy atom. The van der Waals surface area contributed by atoms with E-state index in [0.717, 1.165) is 41.0 Å². The van der Waals surface area contributed by atoms with Crippen LogP contribution in [0.1, 0.15) is 113 Å². The fourth-order valence-corrected chi connectivity index (χ4v) is 4.07. The molecule has 0 aliphatic carbocycles. The number of ether oxygens (including phenoxy) is 1. The third-order valence-electron chi connectivity index (χ3n) is 6.64. The number of aryl methyl sites for hydroxylation is 1. The van der Waals surface area contributed by atoms with Crippen molar-refractivity contribution in [3.05, 3.63) is 45.5 Å². The molecule has 0 amide bonds. The third-order valence-corrected chi connectivity index (χ3v) is 7.43. The number of esters is 1. The number of aromatic nitrogens is 1. The molecule has 0 aliphatic rings. The van der Waals surface area contributed by atoms with Crippen LogP contribution in [0.25, 0.3) is 6.08 Å². The average Bonchev–Trinajstić information content (AvgIpc) is 3.29. The molecule has 0 bridgehead atoms. The van der Waals surface area contributed by atoms with E-state index >= 15 is 0 Å². The molecular weight excluding hydrogens is 494 g/mol. The Bertz CT molecular complexity index is 897. The molecule has 218 valence electrons. The lowest BCUT2D eigenvalue weighted by Crippen LogP contribution is -2.26. The van der Waals surface area contributed by atoms with Gasteiger partial charge in [0.05, 0.1) is 16.8 Å². The molecule has 5 nitrogen and oxygen atoms in total. The molecule has 0 aromatic carbocycles. The van der Waals surface area contributed by atoms with Gasteiger partial charge >= 0.3 is 5.97 Å². The number of nitrogens with zero attached hydrogens (tertiary/aromatic N) is 1. The van der Waals surface area contributed by atoms with Gasteiger partial charge in [0, 0.05) is 24.1 Å². The smallest absolute Gasteiger partial charge is 0.306 e. The maximum atomic E-state index is 12.7. The number of carbonyl (C=O) groups is 2. The van der Waals surface area contributed by atoms with Gasteiger partial charge in [-0.25, -0.2) is 4.98 Å². The highest BCUT2D eigenvalue weighted by atomic mass is 32.1. The molecule has 1 heterocycles. The SMILES string of the molecule is C.CC.CCC(C)(C)CCC(=O)O[C@@H](C/C=C(C)\C=C\C[C@H](C)C(O)[C@@H](C)C=O)/C(C)=C/c1csc(C)n1. The summed E-state index contributed by atoms with van der Waals surface area (Å²) >= 11 is 1.60. The summed E-state index contributed by atoms with van der Waals surface area (Å²) in [4.78, 5) is 28.1. The summed E-state index contributed by atoms with van der Waals surface area (Å²) in [7, 11) is 0. The lowest BCUT2D eigenvalue weighted by molar-refractivity contribution is -0.147. The van der Waals surface area contributed by atoms with Crippen LogP contribution in [0.5, 0.6) is 0 Å². The van der Waals surface area contributed by atoms with Gasteiger partial charge in [-0.3, -0.25) is 4.79 Å². The monoisotopic (exact) mass is 549 g/mol. The van der Waals surface area contributed by atoms with Crippen molar-refractivity contribution in [1.29, 1.82) is 0 Å². The quantitative estimate of drug-likeness (QED) is 0.134. The molecule has 0 radical (unpaired) electrons. The Kier molecular flexibility index (Phi) is 20.0. The number of thiazole rings is 1. The summed E-state index contributed by atoms with van der Waals surface area (Å²) in [5, 5.41) is 13.2. The van der Waals surface area contributed by atoms with E-state index in [1.807, 2.05) is 65.2 Å². The summed E-state index contributed by atoms with van der Waals surface area (Å²) < 4.78 is 5.93. The van der Waals surface area contributed by atoms with Crippen LogP contribution in [0, 0.1) is 24.2 Å². The van der Waals surface area contributed by atoms with Crippen molar-refractivity contribution in [1.82, 2.24) is 4.98 Å². The molecule has 0 aliphatic heterocycles. The molecule has 6 heteroatoms. The molecule has 1 aromatic rings. The molecule has 38 heavy (non-hydrogen) atoms. The predicted octanol–water partition coefficient (Wildman–Crippen LogP) is 8.76. The van der Waals surface area contributed by atoms with Gasteiger partial charge in [0.25, 0.3) is 0 Å². The number of aldehydes is 1. The zero-order valence-electron chi connectivity index (χ0n) is 24.8. The van der Waals surface area contributed by atoms with E-state index in [2.05, 4.69) is 31.8 Å². The van der Waals surface area contributed by atoms with E-state index in [4.69, 9.17) is 4.74 Å². The highest BCUT2D eigenvalue weighted by molar-refractivity contribution is 7.09. The Labute approximate surface area is 237 Å². The van der Waals surface area contributed by atoms with Crippen LogP contribution in [-0.4, -0.2) is 34.6 Å². The van der Waals surface area contributed by atoms with Gasteiger partial charge in [0.2, 0.25) is 0 Å². The molecule has 0 fully saturated rings. The first kappa shape index (κ1) is 38.1. The molecular formula is C32H55NO4S. The van der Waals surface area contributed by atoms with Gasteiger partial charge in [-0.1, -0.05) is 86.1 Å². The lowest BCUT2D eigenvalue weighted by atomic mass is 9.85. The number of carbonyl (C=O) groups excluding carboxylic acids is 2. The first-order valence-electron chi connectivity index (χ1n) is 13.6. The maximum Gasteiger partial charge on any atom is 0.306 e. The van der Waals surface area contributed by atoms with Crippen molar-refractivity contribution in [2.24, 2.45) is 17.3 Å². The fraction of sp³-hybridized carbons (Fsp3) is 0.656. The fourth-order valence-electron chi connectivity index (χ4n) is 3.50. The van der Waals surface area contributed by atoms with Gasteiger partial charge in [0.15, 0.2) is 0 Å². The van der Waals surface area contributed by atoms with Crippen molar-refractivity contribution < 1.29 is 19.4 Å². The summed E-state index contributed by atoms with van der Waals surface area (Å²) in [5.74, 6) is -0.552. The second kappa shape index (κ2) is 19.9. The summed E-state index contributed by atoms with van der Waals surface area (Å²) in [5.41, 5.74) is 3.02. The summed E-state index contributed by atoms with van der Waals surface area (Å²) in [6, 6.07) is 0. The molecule has 0 saturated heterocycles. The van der Waals surface area contributed by atoms with Gasteiger partial charge in [-0.2, -0.15) is 0 Å². The van der Waals surface area contributed by atoms with Crippen molar-refractivity contribution >= 4 is 29.7 Å². The van der Waals surface area contributed by atoms with Crippen LogP contribution in [0.4, 0.5) is 0 Å². The van der Waals surface area contributed by atoms with E-state index in [1.54, 1.807) is 18.3 Å². The molecule has 0 saturated carbocycles. The van der Waals surface area contributed by atoms with E-state index in [1.165, 1.54) is 0 Å². The van der Waals surface area contributed by atoms with Crippen LogP contribution in [0.3, 0.4) is 0 Å². The number of aliphatic hydroxyl groups excluding tert-OH is 1. The lowest BCUT2D eigenvalue weighted by Gasteiger charge is -2.23. The second-order valence-electron chi connectivity index (χ2n) is 10.5. The first-order chi connectivity index (χ1) is 17.4. The van der Waals surface area contributed by atoms with Gasteiger partial charge < -0.3 is 14.6 Å². The minimum Gasteiger partial charge on any atom is -0.457 e. The average molecular weight is 550 g/mol. The molecule has 1 N–H and O–H groups in total. The Morgan fingerprint density at radius 2 is 1.84 bits per heavy atom. The minimum atomic E-state index is -0.648. The standard InChI is InChI=1S/C29H45NO4S.C2H6.CH4/c1-9-29(7,8)16-15-27(32)34-26(22(4)17-25-19-35-24(6)30-25)14-13-20(2)11-10-12-21(3)28(33)23(5)18-31;1-2;/h10-11,13,17-19,21,23,26,28,33H,9,12,14-16H2,1-8H3;1-2H3;1H4/b11-10+,20-13-,22-17+;;/t21-,23-,26-,28?;;/m0../s1. The van der Waals surface area contributed by atoms with Gasteiger partial charge in [0.1, 0.15) is 12.4 Å². The van der Waals surface area contributed by atoms with Crippen LogP contribution < -0.4 is 0 Å². The van der Waals surface area contributed by atoms with Crippen LogP contribution >= 0.6 is 11.3 Å². The molecule has 0 spiro atoms. The number of hydrogen-bond acceptors (Lipinski definition) is 6. The number of hydrogen-bond donors (Lipinski definition) is 1. The molecule has 1 unspecified atom stereocenters. The van der Waals surface area contributed by atoms with Crippen LogP contribution in [0.2, 0.25) is 0 Å². The summed E-state index contributed by atoms with van der Waals surface area (Å²) in [6.07, 6.45) is 11.4. The first-order valence-corrected chi connectivity index (χ1v) is 14.5. The second-order valence-corrected chi connectivity index (χ2v) is 11.5. The molecule has 4 atom stereocenters. The van der Waals surface area contributed by atoms with Crippen molar-refractivity contribution in [3.63, 3.8) is 0 Å². The van der Waals surface area contributed by atoms with Crippen LogP contribution in [-0.2, 0) is 14.3 Å². The Morgan fingerprint density at radius 1 is 1.21 bits per heavy atom. The van der Waals surface area contributed by atoms with Crippen molar-refractivity contribution in [3.8, 4) is 0 Å². The number of aliphatic hydroxyl groups is 1. The Balaban J connectivity index is 0. The minimum absolute atomic E-state index is 0. The van der Waals surface area contributed by atoms with E-state index < -0.39 is 6.10 Å². The maximum absolute atomic E-state index is 12.7. The molecule has 1 aromatic heterocycles. The van der Waals surface area contributed by atoms with Gasteiger partial charge in [-0.15, -0.1) is 11.3 Å². The molecule has 1 rings (SSSR count). The largest absolute Gasteiger partial charge is 0.457 e. The topological polar surface area (TPSA) is 76.5 Å². The normalized spacial score (nSPS) is 15.6. The van der Waals surface area contributed by atoms with E-state index in [0.29, 0.717) is 19.3 Å². The highest BCUT2D eigenvalue weighted by Gasteiger charge is 2.21. The predicted molar refractivity (Wildman–Crippen MR) is 164 cm³/mol. The van der Waals surface area contributed by atoms with Crippen molar-refractivity contribution in [2.45, 2.75) is 121 Å². The Hall–Kier alpha value is -2.05.